The molecule has 1 heterocycles. The van der Waals surface area contributed by atoms with Gasteiger partial charge in [-0.3, -0.25) is 4.79 Å². The Kier molecular flexibility index (Phi) is 5.78. The van der Waals surface area contributed by atoms with Crippen LogP contribution >= 0.6 is 0 Å². The number of hydrogen-bond donors (Lipinski definition) is 1. The van der Waals surface area contributed by atoms with Crippen molar-refractivity contribution in [3.63, 3.8) is 0 Å². The van der Waals surface area contributed by atoms with E-state index in [0.717, 1.165) is 21.2 Å². The second-order valence-electron chi connectivity index (χ2n) is 9.20. The van der Waals surface area contributed by atoms with Crippen LogP contribution in [0.2, 0.25) is 0 Å². The number of halogens is 2. The van der Waals surface area contributed by atoms with E-state index in [2.05, 4.69) is 4.72 Å². The highest BCUT2D eigenvalue weighted by Gasteiger charge is 2.59. The number of anilines is 1. The van der Waals surface area contributed by atoms with E-state index in [4.69, 9.17) is 0 Å². The Hall–Kier alpha value is -2.84. The van der Waals surface area contributed by atoms with E-state index in [1.807, 2.05) is 42.5 Å². The average molecular weight is 473 g/mol. The molecule has 0 aromatic heterocycles. The predicted molar refractivity (Wildman–Crippen MR) is 125 cm³/mol. The molecule has 0 saturated carbocycles. The summed E-state index contributed by atoms with van der Waals surface area (Å²) in [6, 6.07) is 17.2. The van der Waals surface area contributed by atoms with Gasteiger partial charge in [-0.25, -0.2) is 21.9 Å². The van der Waals surface area contributed by atoms with Crippen molar-refractivity contribution < 1.29 is 22.0 Å². The molecule has 1 N–H and O–H groups in total. The fourth-order valence-electron chi connectivity index (χ4n) is 4.34. The molecule has 0 saturated heterocycles. The zero-order valence-corrected chi connectivity index (χ0v) is 19.5. The lowest BCUT2D eigenvalue weighted by Crippen LogP contribution is -2.46. The Bertz CT molecular complexity index is 1330. The zero-order chi connectivity index (χ0) is 24.0. The van der Waals surface area contributed by atoms with Crippen LogP contribution in [0, 0.1) is 5.41 Å². The number of benzene rings is 3. The van der Waals surface area contributed by atoms with Crippen LogP contribution in [-0.2, 0) is 27.0 Å². The van der Waals surface area contributed by atoms with Crippen LogP contribution in [0.15, 0.2) is 65.6 Å². The molecule has 0 spiro atoms. The van der Waals surface area contributed by atoms with Crippen molar-refractivity contribution in [1.29, 1.82) is 0 Å². The molecule has 5 nitrogen and oxygen atoms in total. The molecule has 1 atom stereocenters. The van der Waals surface area contributed by atoms with Gasteiger partial charge in [-0.1, -0.05) is 63.2 Å². The maximum absolute atomic E-state index is 16.2. The summed E-state index contributed by atoms with van der Waals surface area (Å²) in [6.07, 6.45) is 0. The number of amides is 1. The molecule has 1 amide bonds. The maximum Gasteiger partial charge on any atom is 0.270 e. The smallest absolute Gasteiger partial charge is 0.270 e. The van der Waals surface area contributed by atoms with E-state index < -0.39 is 33.7 Å². The number of fused-ring (bicyclic) bond motifs is 2. The lowest BCUT2D eigenvalue weighted by atomic mass is 9.74. The van der Waals surface area contributed by atoms with Crippen LogP contribution in [0.4, 0.5) is 14.5 Å². The molecule has 1 aliphatic heterocycles. The third kappa shape index (κ3) is 3.81. The Morgan fingerprint density at radius 2 is 1.73 bits per heavy atom. The van der Waals surface area contributed by atoms with Crippen molar-refractivity contribution in [2.45, 2.75) is 37.9 Å². The molecule has 0 radical (unpaired) electrons. The molecule has 8 heteroatoms. The van der Waals surface area contributed by atoms with E-state index in [1.54, 1.807) is 20.8 Å². The number of rotatable bonds is 6. The highest BCUT2D eigenvalue weighted by atomic mass is 32.2. The fourth-order valence-corrected chi connectivity index (χ4v) is 5.37. The number of carbonyl (C=O) groups is 1. The summed E-state index contributed by atoms with van der Waals surface area (Å²) in [4.78, 5) is 13.8. The van der Waals surface area contributed by atoms with Gasteiger partial charge in [0.1, 0.15) is 6.67 Å². The van der Waals surface area contributed by atoms with Crippen molar-refractivity contribution in [2.75, 3.05) is 18.1 Å². The number of nitrogens with one attached hydrogen (secondary N) is 1. The molecule has 1 aliphatic rings. The largest absolute Gasteiger partial charge is 0.306 e. The van der Waals surface area contributed by atoms with E-state index in [0.29, 0.717) is 0 Å². The first-order valence-electron chi connectivity index (χ1n) is 10.7. The molecule has 3 aromatic carbocycles. The lowest BCUT2D eigenvalue weighted by Gasteiger charge is -2.33. The van der Waals surface area contributed by atoms with E-state index in [-0.39, 0.29) is 29.2 Å². The monoisotopic (exact) mass is 472 g/mol. The van der Waals surface area contributed by atoms with Crippen LogP contribution < -0.4 is 9.62 Å². The van der Waals surface area contributed by atoms with Gasteiger partial charge in [0.2, 0.25) is 15.7 Å². The standard InChI is InChI=1S/C25H26F2N2O3S/c1-24(2,3)25(27)21-15-19(11-12-22(21)29(14-13-26)23(25)30)33(31,32)28-16-18-9-6-8-17-7-4-5-10-20(17)18/h4-12,15,28H,13-14,16H2,1-3H3. The van der Waals surface area contributed by atoms with E-state index in [9.17, 15) is 17.6 Å². The lowest BCUT2D eigenvalue weighted by molar-refractivity contribution is -0.136. The number of carbonyl (C=O) groups excluding carboxylic acids is 1. The first-order valence-corrected chi connectivity index (χ1v) is 12.2. The van der Waals surface area contributed by atoms with Gasteiger partial charge in [-0.05, 0) is 34.5 Å². The fraction of sp³-hybridized carbons (Fsp3) is 0.320. The van der Waals surface area contributed by atoms with Crippen molar-refractivity contribution in [3.05, 3.63) is 71.8 Å². The van der Waals surface area contributed by atoms with Crippen molar-refractivity contribution in [1.82, 2.24) is 4.72 Å². The zero-order valence-electron chi connectivity index (χ0n) is 18.7. The van der Waals surface area contributed by atoms with Crippen molar-refractivity contribution >= 4 is 32.4 Å². The average Bonchev–Trinajstić information content (AvgIpc) is 3.00. The summed E-state index contributed by atoms with van der Waals surface area (Å²) >= 11 is 0. The molecule has 0 fully saturated rings. The minimum absolute atomic E-state index is 0.0493. The molecule has 33 heavy (non-hydrogen) atoms. The van der Waals surface area contributed by atoms with Crippen molar-refractivity contribution in [2.24, 2.45) is 5.41 Å². The van der Waals surface area contributed by atoms with Crippen molar-refractivity contribution in [3.8, 4) is 0 Å². The molecule has 0 bridgehead atoms. The summed E-state index contributed by atoms with van der Waals surface area (Å²) in [7, 11) is -4.01. The van der Waals surface area contributed by atoms with Gasteiger partial charge in [0.25, 0.3) is 5.91 Å². The number of alkyl halides is 2. The Labute approximate surface area is 192 Å². The predicted octanol–water partition coefficient (Wildman–Crippen LogP) is 4.85. The number of sulfonamides is 1. The summed E-state index contributed by atoms with van der Waals surface area (Å²) < 4.78 is 58.1. The Morgan fingerprint density at radius 1 is 1.03 bits per heavy atom. The second-order valence-corrected chi connectivity index (χ2v) is 11.0. The summed E-state index contributed by atoms with van der Waals surface area (Å²) in [5, 5.41) is 1.92. The van der Waals surface area contributed by atoms with E-state index in [1.165, 1.54) is 18.2 Å². The first-order chi connectivity index (χ1) is 15.5. The first kappa shape index (κ1) is 23.3. The molecular formula is C25H26F2N2O3S. The number of hydrogen-bond acceptors (Lipinski definition) is 3. The van der Waals surface area contributed by atoms with Crippen LogP contribution in [0.3, 0.4) is 0 Å². The topological polar surface area (TPSA) is 66.5 Å². The minimum Gasteiger partial charge on any atom is -0.306 e. The molecule has 3 aromatic rings. The van der Waals surface area contributed by atoms with Gasteiger partial charge in [0, 0.05) is 17.5 Å². The summed E-state index contributed by atoms with van der Waals surface area (Å²) in [5.74, 6) is -0.874. The maximum atomic E-state index is 16.2. The van der Waals surface area contributed by atoms with Gasteiger partial charge < -0.3 is 4.90 Å². The van der Waals surface area contributed by atoms with Gasteiger partial charge >= 0.3 is 0 Å². The van der Waals surface area contributed by atoms with Gasteiger partial charge in [-0.2, -0.15) is 0 Å². The SMILES string of the molecule is CC(C)(C)C1(F)C(=O)N(CCF)c2ccc(S(=O)(=O)NCc3cccc4ccccc34)cc21. The quantitative estimate of drug-likeness (QED) is 0.558. The Morgan fingerprint density at radius 3 is 2.42 bits per heavy atom. The van der Waals surface area contributed by atoms with Crippen LogP contribution in [0.5, 0.6) is 0 Å². The van der Waals surface area contributed by atoms with Crippen LogP contribution in [0.1, 0.15) is 31.9 Å². The molecule has 1 unspecified atom stereocenters. The highest BCUT2D eigenvalue weighted by molar-refractivity contribution is 7.89. The summed E-state index contributed by atoms with van der Waals surface area (Å²) in [5.41, 5.74) is -2.69. The van der Waals surface area contributed by atoms with E-state index >= 15 is 4.39 Å². The summed E-state index contributed by atoms with van der Waals surface area (Å²) in [6.45, 7) is 3.61. The normalized spacial score (nSPS) is 18.7. The van der Waals surface area contributed by atoms with Crippen LogP contribution in [0.25, 0.3) is 10.8 Å². The molecule has 174 valence electrons. The van der Waals surface area contributed by atoms with Crippen LogP contribution in [-0.4, -0.2) is 27.5 Å². The third-order valence-electron chi connectivity index (χ3n) is 6.15. The third-order valence-corrected chi connectivity index (χ3v) is 7.55. The number of nitrogens with zero attached hydrogens (tertiary/aromatic N) is 1. The van der Waals surface area contributed by atoms with Gasteiger partial charge in [0.05, 0.1) is 17.1 Å². The van der Waals surface area contributed by atoms with Gasteiger partial charge in [-0.15, -0.1) is 0 Å². The second kappa shape index (κ2) is 8.18. The molecule has 4 rings (SSSR count). The van der Waals surface area contributed by atoms with Gasteiger partial charge in [0.15, 0.2) is 0 Å². The highest BCUT2D eigenvalue weighted by Crippen LogP contribution is 2.53. The molecular weight excluding hydrogens is 446 g/mol. The Balaban J connectivity index is 1.71. The minimum atomic E-state index is -4.01. The molecule has 0 aliphatic carbocycles.